The highest BCUT2D eigenvalue weighted by Crippen LogP contribution is 2.08. The first-order chi connectivity index (χ1) is 12.2. The quantitative estimate of drug-likeness (QED) is 0.908. The summed E-state index contributed by atoms with van der Waals surface area (Å²) >= 11 is 0. The topological polar surface area (TPSA) is 52.7 Å². The molecule has 130 valence electrons. The van der Waals surface area contributed by atoms with Crippen LogP contribution in [0.1, 0.15) is 5.56 Å². The first-order valence-electron chi connectivity index (χ1n) is 8.60. The van der Waals surface area contributed by atoms with E-state index in [4.69, 9.17) is 0 Å². The van der Waals surface area contributed by atoms with E-state index in [9.17, 15) is 9.59 Å². The molecule has 0 bridgehead atoms. The minimum atomic E-state index is -0.0183. The lowest BCUT2D eigenvalue weighted by Crippen LogP contribution is -2.50. The summed E-state index contributed by atoms with van der Waals surface area (Å²) in [7, 11) is 0. The molecule has 0 radical (unpaired) electrons. The summed E-state index contributed by atoms with van der Waals surface area (Å²) in [6.07, 6.45) is 0.440. The summed E-state index contributed by atoms with van der Waals surface area (Å²) in [4.78, 5) is 28.4. The number of para-hydroxylation sites is 1. The summed E-state index contributed by atoms with van der Waals surface area (Å²) in [6.45, 7) is 3.15. The highest BCUT2D eigenvalue weighted by molar-refractivity contribution is 5.92. The van der Waals surface area contributed by atoms with Gasteiger partial charge < -0.3 is 10.2 Å². The number of carbonyl (C=O) groups excluding carboxylic acids is 2. The van der Waals surface area contributed by atoms with Crippen LogP contribution >= 0.6 is 0 Å². The third-order valence-electron chi connectivity index (χ3n) is 4.35. The zero-order valence-corrected chi connectivity index (χ0v) is 14.2. The number of anilines is 1. The molecule has 1 aliphatic rings. The fourth-order valence-electron chi connectivity index (χ4n) is 2.96. The van der Waals surface area contributed by atoms with Gasteiger partial charge in [0.1, 0.15) is 0 Å². The molecule has 2 aromatic rings. The van der Waals surface area contributed by atoms with E-state index >= 15 is 0 Å². The van der Waals surface area contributed by atoms with Crippen LogP contribution in [0.2, 0.25) is 0 Å². The number of amides is 2. The van der Waals surface area contributed by atoms with E-state index in [0.717, 1.165) is 24.3 Å². The van der Waals surface area contributed by atoms with Crippen molar-refractivity contribution in [3.8, 4) is 0 Å². The molecule has 1 N–H and O–H groups in total. The summed E-state index contributed by atoms with van der Waals surface area (Å²) < 4.78 is 0. The van der Waals surface area contributed by atoms with Crippen LogP contribution in [-0.2, 0) is 16.0 Å². The van der Waals surface area contributed by atoms with Gasteiger partial charge in [-0.1, -0.05) is 48.5 Å². The van der Waals surface area contributed by atoms with E-state index in [1.54, 1.807) is 0 Å². The van der Waals surface area contributed by atoms with Crippen molar-refractivity contribution in [2.24, 2.45) is 0 Å². The molecule has 1 heterocycles. The first-order valence-corrected chi connectivity index (χ1v) is 8.60. The zero-order chi connectivity index (χ0) is 17.5. The molecule has 2 amide bonds. The molecule has 5 nitrogen and oxygen atoms in total. The van der Waals surface area contributed by atoms with Crippen molar-refractivity contribution in [2.45, 2.75) is 6.42 Å². The molecule has 0 spiro atoms. The number of carbonyl (C=O) groups is 2. The fraction of sp³-hybridized carbons (Fsp3) is 0.300. The molecule has 2 aromatic carbocycles. The standard InChI is InChI=1S/C20H23N3O2/c24-19(21-18-9-5-2-6-10-18)16-22-11-13-23(14-12-22)20(25)15-17-7-3-1-4-8-17/h1-10H,11-16H2,(H,21,24). The molecule has 0 aromatic heterocycles. The third kappa shape index (κ3) is 5.16. The van der Waals surface area contributed by atoms with E-state index < -0.39 is 0 Å². The summed E-state index contributed by atoms with van der Waals surface area (Å²) in [5, 5.41) is 2.89. The van der Waals surface area contributed by atoms with Gasteiger partial charge >= 0.3 is 0 Å². The number of rotatable bonds is 5. The maximum Gasteiger partial charge on any atom is 0.238 e. The average molecular weight is 337 g/mol. The average Bonchev–Trinajstić information content (AvgIpc) is 2.64. The molecule has 0 unspecified atom stereocenters. The number of benzene rings is 2. The Morgan fingerprint density at radius 1 is 0.840 bits per heavy atom. The van der Waals surface area contributed by atoms with Gasteiger partial charge in [-0.05, 0) is 17.7 Å². The second-order valence-corrected chi connectivity index (χ2v) is 6.23. The Balaban J connectivity index is 1.42. The molecule has 25 heavy (non-hydrogen) atoms. The SMILES string of the molecule is O=C(CN1CCN(C(=O)Cc2ccccc2)CC1)Nc1ccccc1. The van der Waals surface area contributed by atoms with Gasteiger partial charge in [-0.15, -0.1) is 0 Å². The Kier molecular flexibility index (Phi) is 5.80. The van der Waals surface area contributed by atoms with E-state index in [-0.39, 0.29) is 11.8 Å². The van der Waals surface area contributed by atoms with Crippen LogP contribution in [0.15, 0.2) is 60.7 Å². The van der Waals surface area contributed by atoms with Crippen molar-refractivity contribution < 1.29 is 9.59 Å². The van der Waals surface area contributed by atoms with E-state index in [1.807, 2.05) is 65.6 Å². The van der Waals surface area contributed by atoms with Gasteiger partial charge in [0.25, 0.3) is 0 Å². The molecule has 1 aliphatic heterocycles. The predicted molar refractivity (Wildman–Crippen MR) is 98.2 cm³/mol. The second kappa shape index (κ2) is 8.44. The second-order valence-electron chi connectivity index (χ2n) is 6.23. The van der Waals surface area contributed by atoms with Gasteiger partial charge in [0.2, 0.25) is 11.8 Å². The molecule has 1 fully saturated rings. The smallest absolute Gasteiger partial charge is 0.238 e. The minimum Gasteiger partial charge on any atom is -0.340 e. The van der Waals surface area contributed by atoms with Gasteiger partial charge in [-0.2, -0.15) is 0 Å². The molecule has 0 saturated carbocycles. The van der Waals surface area contributed by atoms with Gasteiger partial charge in [-0.3, -0.25) is 14.5 Å². The van der Waals surface area contributed by atoms with E-state index in [0.29, 0.717) is 26.1 Å². The monoisotopic (exact) mass is 337 g/mol. The first kappa shape index (κ1) is 17.2. The third-order valence-corrected chi connectivity index (χ3v) is 4.35. The lowest BCUT2D eigenvalue weighted by Gasteiger charge is -2.34. The van der Waals surface area contributed by atoms with Gasteiger partial charge in [0, 0.05) is 31.9 Å². The van der Waals surface area contributed by atoms with Gasteiger partial charge in [0.15, 0.2) is 0 Å². The number of nitrogens with zero attached hydrogens (tertiary/aromatic N) is 2. The number of piperazine rings is 1. The van der Waals surface area contributed by atoms with Gasteiger partial charge in [0.05, 0.1) is 13.0 Å². The molecule has 0 atom stereocenters. The largest absolute Gasteiger partial charge is 0.340 e. The van der Waals surface area contributed by atoms with Crippen molar-refractivity contribution in [1.29, 1.82) is 0 Å². The molecule has 5 heteroatoms. The molecule has 0 aliphatic carbocycles. The van der Waals surface area contributed by atoms with Crippen LogP contribution in [0.4, 0.5) is 5.69 Å². The maximum absolute atomic E-state index is 12.4. The molecule has 3 rings (SSSR count). The van der Waals surface area contributed by atoms with E-state index in [1.165, 1.54) is 0 Å². The molecular formula is C20H23N3O2. The summed E-state index contributed by atoms with van der Waals surface area (Å²) in [6, 6.07) is 19.3. The Bertz CT molecular complexity index is 695. The Morgan fingerprint density at radius 2 is 1.44 bits per heavy atom. The van der Waals surface area contributed by atoms with Crippen molar-refractivity contribution in [2.75, 3.05) is 38.0 Å². The Labute approximate surface area is 148 Å². The predicted octanol–water partition coefficient (Wildman–Crippen LogP) is 2.01. The maximum atomic E-state index is 12.4. The van der Waals surface area contributed by atoms with Crippen LogP contribution in [-0.4, -0.2) is 54.3 Å². The van der Waals surface area contributed by atoms with Gasteiger partial charge in [-0.25, -0.2) is 0 Å². The van der Waals surface area contributed by atoms with E-state index in [2.05, 4.69) is 10.2 Å². The Hall–Kier alpha value is -2.66. The highest BCUT2D eigenvalue weighted by atomic mass is 16.2. The van der Waals surface area contributed by atoms with Crippen LogP contribution < -0.4 is 5.32 Å². The van der Waals surface area contributed by atoms with Crippen LogP contribution in [0, 0.1) is 0 Å². The highest BCUT2D eigenvalue weighted by Gasteiger charge is 2.22. The lowest BCUT2D eigenvalue weighted by atomic mass is 10.1. The van der Waals surface area contributed by atoms with Crippen LogP contribution in [0.25, 0.3) is 0 Å². The Morgan fingerprint density at radius 3 is 2.08 bits per heavy atom. The minimum absolute atomic E-state index is 0.0183. The van der Waals surface area contributed by atoms with Crippen molar-refractivity contribution in [3.05, 3.63) is 66.2 Å². The molecule has 1 saturated heterocycles. The summed E-state index contributed by atoms with van der Waals surface area (Å²) in [5.41, 5.74) is 1.85. The van der Waals surface area contributed by atoms with Crippen LogP contribution in [0.3, 0.4) is 0 Å². The lowest BCUT2D eigenvalue weighted by molar-refractivity contribution is -0.132. The summed E-state index contributed by atoms with van der Waals surface area (Å²) in [5.74, 6) is 0.134. The zero-order valence-electron chi connectivity index (χ0n) is 14.2. The fourth-order valence-corrected chi connectivity index (χ4v) is 2.96. The van der Waals surface area contributed by atoms with Crippen molar-refractivity contribution >= 4 is 17.5 Å². The van der Waals surface area contributed by atoms with Crippen LogP contribution in [0.5, 0.6) is 0 Å². The molecular weight excluding hydrogens is 314 g/mol. The number of nitrogens with one attached hydrogen (secondary N) is 1. The number of hydrogen-bond donors (Lipinski definition) is 1. The number of hydrogen-bond acceptors (Lipinski definition) is 3. The van der Waals surface area contributed by atoms with Crippen molar-refractivity contribution in [3.63, 3.8) is 0 Å². The normalized spacial score (nSPS) is 15.0. The van der Waals surface area contributed by atoms with Crippen molar-refractivity contribution in [1.82, 2.24) is 9.80 Å².